The molecule has 19 heavy (non-hydrogen) atoms. The Balaban J connectivity index is 2.17. The lowest BCUT2D eigenvalue weighted by Gasteiger charge is -2.04. The molecule has 2 rings (SSSR count). The highest BCUT2D eigenvalue weighted by Gasteiger charge is 2.07. The van der Waals surface area contributed by atoms with Crippen LogP contribution in [0.15, 0.2) is 18.2 Å². The number of hydrogen-bond acceptors (Lipinski definition) is 3. The van der Waals surface area contributed by atoms with Gasteiger partial charge in [-0.05, 0) is 43.6 Å². The molecule has 2 aromatic rings. The molecule has 5 heteroatoms. The highest BCUT2D eigenvalue weighted by atomic mass is 32.1. The van der Waals surface area contributed by atoms with Gasteiger partial charge in [0.05, 0.1) is 16.6 Å². The number of aromatic amines is 1. The fourth-order valence-corrected chi connectivity index (χ4v) is 2.48. The summed E-state index contributed by atoms with van der Waals surface area (Å²) in [5.41, 5.74) is 2.49. The smallest absolute Gasteiger partial charge is 0.178 e. The number of para-hydroxylation sites is 1. The van der Waals surface area contributed by atoms with Crippen LogP contribution >= 0.6 is 12.2 Å². The summed E-state index contributed by atoms with van der Waals surface area (Å²) in [6, 6.07) is 7.88. The quantitative estimate of drug-likeness (QED) is 0.649. The summed E-state index contributed by atoms with van der Waals surface area (Å²) in [5, 5.41) is 9.08. The largest absolute Gasteiger partial charge is 0.385 e. The second-order valence-corrected chi connectivity index (χ2v) is 4.83. The van der Waals surface area contributed by atoms with Crippen LogP contribution in [0.5, 0.6) is 0 Å². The SMILES string of the molecule is COCCCCCn1c(=S)[nH]c2c(C#N)cccc21. The third kappa shape index (κ3) is 3.03. The van der Waals surface area contributed by atoms with Gasteiger partial charge in [-0.3, -0.25) is 0 Å². The minimum atomic E-state index is 0.640. The Kier molecular flexibility index (Phi) is 4.72. The summed E-state index contributed by atoms with van der Waals surface area (Å²) >= 11 is 5.33. The molecule has 1 aromatic carbocycles. The number of hydrogen-bond donors (Lipinski definition) is 1. The maximum atomic E-state index is 9.08. The Morgan fingerprint density at radius 2 is 2.21 bits per heavy atom. The molecule has 1 N–H and O–H groups in total. The van der Waals surface area contributed by atoms with E-state index in [-0.39, 0.29) is 0 Å². The molecule has 0 spiro atoms. The zero-order chi connectivity index (χ0) is 13.7. The van der Waals surface area contributed by atoms with E-state index in [1.807, 2.05) is 12.1 Å². The molecule has 0 amide bonds. The zero-order valence-corrected chi connectivity index (χ0v) is 11.8. The van der Waals surface area contributed by atoms with Crippen LogP contribution in [0.2, 0.25) is 0 Å². The van der Waals surface area contributed by atoms with Crippen LogP contribution in [-0.4, -0.2) is 23.3 Å². The van der Waals surface area contributed by atoms with E-state index in [1.165, 1.54) is 0 Å². The van der Waals surface area contributed by atoms with Crippen molar-refractivity contribution in [1.82, 2.24) is 9.55 Å². The first kappa shape index (κ1) is 13.8. The molecular formula is C14H17N3OS. The van der Waals surface area contributed by atoms with Gasteiger partial charge in [-0.1, -0.05) is 6.07 Å². The minimum Gasteiger partial charge on any atom is -0.385 e. The number of rotatable bonds is 6. The molecule has 100 valence electrons. The number of nitriles is 1. The lowest BCUT2D eigenvalue weighted by Crippen LogP contribution is -1.99. The summed E-state index contributed by atoms with van der Waals surface area (Å²) < 4.78 is 7.79. The van der Waals surface area contributed by atoms with Crippen LogP contribution in [0.4, 0.5) is 0 Å². The molecule has 0 bridgehead atoms. The molecule has 1 aromatic heterocycles. The Morgan fingerprint density at radius 3 is 2.95 bits per heavy atom. The van der Waals surface area contributed by atoms with E-state index in [0.717, 1.165) is 43.4 Å². The monoisotopic (exact) mass is 275 g/mol. The number of aromatic nitrogens is 2. The third-order valence-corrected chi connectivity index (χ3v) is 3.48. The molecule has 0 unspecified atom stereocenters. The standard InChI is InChI=1S/C14H17N3OS/c1-18-9-4-2-3-8-17-12-7-5-6-11(10-15)13(12)16-14(17)19/h5-7H,2-4,8-9H2,1H3,(H,16,19). The van der Waals surface area contributed by atoms with Gasteiger partial charge in [0, 0.05) is 20.3 Å². The third-order valence-electron chi connectivity index (χ3n) is 3.16. The van der Waals surface area contributed by atoms with E-state index in [9.17, 15) is 0 Å². The van der Waals surface area contributed by atoms with Gasteiger partial charge in [0.2, 0.25) is 0 Å². The number of imidazole rings is 1. The Labute approximate surface area is 117 Å². The summed E-state index contributed by atoms with van der Waals surface area (Å²) in [6.07, 6.45) is 3.23. The molecule has 1 heterocycles. The maximum absolute atomic E-state index is 9.08. The predicted octanol–water partition coefficient (Wildman–Crippen LogP) is 3.39. The number of H-pyrrole nitrogens is 1. The Bertz CT molecular complexity index is 651. The lowest BCUT2D eigenvalue weighted by atomic mass is 10.2. The molecular weight excluding hydrogens is 258 g/mol. The van der Waals surface area contributed by atoms with Crippen molar-refractivity contribution >= 4 is 23.3 Å². The van der Waals surface area contributed by atoms with Crippen molar-refractivity contribution in [3.8, 4) is 6.07 Å². The average Bonchev–Trinajstić information content (AvgIpc) is 2.74. The Morgan fingerprint density at radius 1 is 1.37 bits per heavy atom. The molecule has 0 saturated heterocycles. The van der Waals surface area contributed by atoms with E-state index >= 15 is 0 Å². The molecule has 0 atom stereocenters. The van der Waals surface area contributed by atoms with Gasteiger partial charge in [-0.25, -0.2) is 0 Å². The van der Waals surface area contributed by atoms with Crippen LogP contribution in [-0.2, 0) is 11.3 Å². The molecule has 0 radical (unpaired) electrons. The number of benzene rings is 1. The van der Waals surface area contributed by atoms with Crippen molar-refractivity contribution in [1.29, 1.82) is 5.26 Å². The van der Waals surface area contributed by atoms with E-state index in [4.69, 9.17) is 22.2 Å². The van der Waals surface area contributed by atoms with E-state index < -0.39 is 0 Å². The Hall–Kier alpha value is -1.64. The van der Waals surface area contributed by atoms with Gasteiger partial charge in [0.1, 0.15) is 6.07 Å². The van der Waals surface area contributed by atoms with Gasteiger partial charge in [0.15, 0.2) is 4.77 Å². The number of methoxy groups -OCH3 is 1. The molecule has 0 fully saturated rings. The van der Waals surface area contributed by atoms with Crippen LogP contribution in [0.1, 0.15) is 24.8 Å². The van der Waals surface area contributed by atoms with Crippen LogP contribution in [0.25, 0.3) is 11.0 Å². The molecule has 0 aliphatic rings. The first-order valence-electron chi connectivity index (χ1n) is 6.38. The number of nitrogens with one attached hydrogen (secondary N) is 1. The predicted molar refractivity (Wildman–Crippen MR) is 77.6 cm³/mol. The van der Waals surface area contributed by atoms with Gasteiger partial charge < -0.3 is 14.3 Å². The number of fused-ring (bicyclic) bond motifs is 1. The normalized spacial score (nSPS) is 10.7. The number of ether oxygens (including phenoxy) is 1. The van der Waals surface area contributed by atoms with Crippen molar-refractivity contribution < 1.29 is 4.74 Å². The van der Waals surface area contributed by atoms with Crippen molar-refractivity contribution in [2.45, 2.75) is 25.8 Å². The first-order valence-corrected chi connectivity index (χ1v) is 6.79. The van der Waals surface area contributed by atoms with Gasteiger partial charge in [0.25, 0.3) is 0 Å². The van der Waals surface area contributed by atoms with Crippen molar-refractivity contribution in [3.63, 3.8) is 0 Å². The second kappa shape index (κ2) is 6.50. The van der Waals surface area contributed by atoms with Crippen molar-refractivity contribution in [3.05, 3.63) is 28.5 Å². The fourth-order valence-electron chi connectivity index (χ4n) is 2.19. The molecule has 0 saturated carbocycles. The van der Waals surface area contributed by atoms with Crippen molar-refractivity contribution in [2.75, 3.05) is 13.7 Å². The average molecular weight is 275 g/mol. The summed E-state index contributed by atoms with van der Waals surface area (Å²) in [4.78, 5) is 3.13. The van der Waals surface area contributed by atoms with E-state index in [2.05, 4.69) is 15.6 Å². The fraction of sp³-hybridized carbons (Fsp3) is 0.429. The second-order valence-electron chi connectivity index (χ2n) is 4.45. The van der Waals surface area contributed by atoms with Gasteiger partial charge in [-0.2, -0.15) is 5.26 Å². The number of aryl methyl sites for hydroxylation is 1. The summed E-state index contributed by atoms with van der Waals surface area (Å²) in [5.74, 6) is 0. The van der Waals surface area contributed by atoms with Crippen LogP contribution in [0, 0.1) is 16.1 Å². The topological polar surface area (TPSA) is 53.7 Å². The highest BCUT2D eigenvalue weighted by Crippen LogP contribution is 2.18. The maximum Gasteiger partial charge on any atom is 0.178 e. The van der Waals surface area contributed by atoms with Crippen LogP contribution < -0.4 is 0 Å². The molecule has 0 aliphatic heterocycles. The number of nitrogens with zero attached hydrogens (tertiary/aromatic N) is 2. The molecule has 0 aliphatic carbocycles. The minimum absolute atomic E-state index is 0.640. The molecule has 4 nitrogen and oxygen atoms in total. The lowest BCUT2D eigenvalue weighted by molar-refractivity contribution is 0.191. The van der Waals surface area contributed by atoms with Gasteiger partial charge in [-0.15, -0.1) is 0 Å². The highest BCUT2D eigenvalue weighted by molar-refractivity contribution is 7.71. The number of unbranched alkanes of at least 4 members (excludes halogenated alkanes) is 2. The van der Waals surface area contributed by atoms with Crippen LogP contribution in [0.3, 0.4) is 0 Å². The van der Waals surface area contributed by atoms with E-state index in [0.29, 0.717) is 10.3 Å². The summed E-state index contributed by atoms with van der Waals surface area (Å²) in [6.45, 7) is 1.68. The summed E-state index contributed by atoms with van der Waals surface area (Å²) in [7, 11) is 1.72. The first-order chi connectivity index (χ1) is 9.27. The van der Waals surface area contributed by atoms with Crippen molar-refractivity contribution in [2.24, 2.45) is 0 Å². The van der Waals surface area contributed by atoms with E-state index in [1.54, 1.807) is 13.2 Å². The zero-order valence-electron chi connectivity index (χ0n) is 11.0. The van der Waals surface area contributed by atoms with Gasteiger partial charge >= 0.3 is 0 Å².